The zero-order chi connectivity index (χ0) is 25.2. The van der Waals surface area contributed by atoms with Crippen LogP contribution >= 0.6 is 11.6 Å². The molecule has 0 unspecified atom stereocenters. The van der Waals surface area contributed by atoms with Crippen molar-refractivity contribution in [1.82, 2.24) is 20.2 Å². The summed E-state index contributed by atoms with van der Waals surface area (Å²) in [6, 6.07) is 9.38. The van der Waals surface area contributed by atoms with E-state index in [1.165, 1.54) is 6.20 Å². The maximum absolute atomic E-state index is 13.1. The van der Waals surface area contributed by atoms with E-state index in [1.807, 2.05) is 25.2 Å². The SMILES string of the molecule is COc1ccc(Nc2ncc(Cl)c(Nc3ccc(N4CCNCC4)c4c3C(=O)N(C)C4)n2)c(OC)c1. The van der Waals surface area contributed by atoms with Crippen molar-refractivity contribution in [3.05, 3.63) is 52.7 Å². The van der Waals surface area contributed by atoms with Gasteiger partial charge in [0.1, 0.15) is 16.5 Å². The summed E-state index contributed by atoms with van der Waals surface area (Å²) in [4.78, 5) is 26.0. The Bertz CT molecular complexity index is 1300. The summed E-state index contributed by atoms with van der Waals surface area (Å²) in [6.45, 7) is 4.20. The molecule has 11 heteroatoms. The molecule has 3 N–H and O–H groups in total. The van der Waals surface area contributed by atoms with Crippen LogP contribution in [0.15, 0.2) is 36.5 Å². The molecular weight excluding hydrogens is 482 g/mol. The Morgan fingerprint density at radius 3 is 2.58 bits per heavy atom. The molecule has 0 spiro atoms. The van der Waals surface area contributed by atoms with Gasteiger partial charge in [0, 0.05) is 57.1 Å². The van der Waals surface area contributed by atoms with Gasteiger partial charge in [0.05, 0.1) is 37.4 Å². The van der Waals surface area contributed by atoms with E-state index in [4.69, 9.17) is 21.1 Å². The zero-order valence-corrected chi connectivity index (χ0v) is 21.1. The van der Waals surface area contributed by atoms with Crippen LogP contribution in [0, 0.1) is 0 Å². The van der Waals surface area contributed by atoms with Crippen molar-refractivity contribution in [3.63, 3.8) is 0 Å². The van der Waals surface area contributed by atoms with E-state index in [0.29, 0.717) is 51.8 Å². The number of hydrogen-bond donors (Lipinski definition) is 3. The molecule has 36 heavy (non-hydrogen) atoms. The minimum absolute atomic E-state index is 0.0315. The Morgan fingerprint density at radius 2 is 1.83 bits per heavy atom. The van der Waals surface area contributed by atoms with E-state index >= 15 is 0 Å². The number of aromatic nitrogens is 2. The number of carbonyl (C=O) groups excluding carboxylic acids is 1. The molecular formula is C25H28ClN7O3. The van der Waals surface area contributed by atoms with Gasteiger partial charge in [-0.2, -0.15) is 4.98 Å². The number of amides is 1. The van der Waals surface area contributed by atoms with Gasteiger partial charge in [-0.05, 0) is 24.3 Å². The molecule has 3 aromatic rings. The summed E-state index contributed by atoms with van der Waals surface area (Å²) in [7, 11) is 4.99. The molecule has 0 atom stereocenters. The number of carbonyl (C=O) groups is 1. The molecule has 2 aliphatic rings. The van der Waals surface area contributed by atoms with Gasteiger partial charge in [0.15, 0.2) is 5.82 Å². The topological polar surface area (TPSA) is 104 Å². The van der Waals surface area contributed by atoms with Crippen molar-refractivity contribution in [2.45, 2.75) is 6.54 Å². The average Bonchev–Trinajstić information content (AvgIpc) is 3.21. The van der Waals surface area contributed by atoms with E-state index in [0.717, 1.165) is 37.4 Å². The van der Waals surface area contributed by atoms with Crippen molar-refractivity contribution in [2.24, 2.45) is 0 Å². The smallest absolute Gasteiger partial charge is 0.256 e. The van der Waals surface area contributed by atoms with Crippen LogP contribution in [0.2, 0.25) is 5.02 Å². The van der Waals surface area contributed by atoms with Gasteiger partial charge in [-0.25, -0.2) is 4.98 Å². The van der Waals surface area contributed by atoms with E-state index in [1.54, 1.807) is 25.2 Å². The normalized spacial score (nSPS) is 15.1. The average molecular weight is 510 g/mol. The molecule has 1 aromatic heterocycles. The van der Waals surface area contributed by atoms with Gasteiger partial charge in [0.25, 0.3) is 5.91 Å². The van der Waals surface area contributed by atoms with Crippen LogP contribution in [0.25, 0.3) is 0 Å². The first kappa shape index (κ1) is 24.0. The van der Waals surface area contributed by atoms with Crippen molar-refractivity contribution >= 4 is 46.3 Å². The number of hydrogen-bond acceptors (Lipinski definition) is 9. The molecule has 3 heterocycles. The third-order valence-electron chi connectivity index (χ3n) is 6.35. The van der Waals surface area contributed by atoms with Gasteiger partial charge < -0.3 is 35.2 Å². The van der Waals surface area contributed by atoms with Gasteiger partial charge in [-0.3, -0.25) is 4.79 Å². The standard InChI is InChI=1S/C25H28ClN7O3/c1-32-14-16-20(33-10-8-27-9-11-33)7-6-19(22(16)24(32)34)29-23-17(26)13-28-25(31-23)30-18-5-4-15(35-2)12-21(18)36-3/h4-7,12-13,27H,8-11,14H2,1-3H3,(H2,28,29,30,31). The Morgan fingerprint density at radius 1 is 1.06 bits per heavy atom. The lowest BCUT2D eigenvalue weighted by Gasteiger charge is -2.31. The van der Waals surface area contributed by atoms with Crippen molar-refractivity contribution in [2.75, 3.05) is 63.0 Å². The van der Waals surface area contributed by atoms with E-state index in [2.05, 4.69) is 36.9 Å². The lowest BCUT2D eigenvalue weighted by atomic mass is 10.0. The Hall–Kier alpha value is -3.76. The summed E-state index contributed by atoms with van der Waals surface area (Å²) < 4.78 is 10.7. The molecule has 1 fully saturated rings. The molecule has 188 valence electrons. The fourth-order valence-corrected chi connectivity index (χ4v) is 4.65. The number of piperazine rings is 1. The third-order valence-corrected chi connectivity index (χ3v) is 6.63. The summed E-state index contributed by atoms with van der Waals surface area (Å²) in [5.41, 5.74) is 4.09. The second-order valence-electron chi connectivity index (χ2n) is 8.59. The number of ether oxygens (including phenoxy) is 2. The summed E-state index contributed by atoms with van der Waals surface area (Å²) >= 11 is 6.45. The lowest BCUT2D eigenvalue weighted by Crippen LogP contribution is -2.43. The first-order valence-corrected chi connectivity index (χ1v) is 12.0. The Balaban J connectivity index is 1.45. The molecule has 0 bridgehead atoms. The number of anilines is 5. The number of nitrogens with zero attached hydrogens (tertiary/aromatic N) is 4. The highest BCUT2D eigenvalue weighted by Crippen LogP contribution is 2.38. The summed E-state index contributed by atoms with van der Waals surface area (Å²) in [6.07, 6.45) is 1.51. The number of nitrogens with one attached hydrogen (secondary N) is 3. The minimum Gasteiger partial charge on any atom is -0.497 e. The molecule has 5 rings (SSSR count). The number of benzene rings is 2. The molecule has 10 nitrogen and oxygen atoms in total. The number of methoxy groups -OCH3 is 2. The van der Waals surface area contributed by atoms with Crippen LogP contribution in [-0.2, 0) is 6.54 Å². The van der Waals surface area contributed by atoms with Crippen molar-refractivity contribution < 1.29 is 14.3 Å². The predicted octanol–water partition coefficient (Wildman–Crippen LogP) is 3.63. The van der Waals surface area contributed by atoms with Crippen LogP contribution < -0.4 is 30.3 Å². The highest BCUT2D eigenvalue weighted by atomic mass is 35.5. The van der Waals surface area contributed by atoms with Crippen molar-refractivity contribution in [1.29, 1.82) is 0 Å². The van der Waals surface area contributed by atoms with Crippen LogP contribution in [0.3, 0.4) is 0 Å². The summed E-state index contributed by atoms with van der Waals surface area (Å²) in [5.74, 6) is 1.93. The van der Waals surface area contributed by atoms with Gasteiger partial charge in [-0.1, -0.05) is 11.6 Å². The molecule has 0 aliphatic carbocycles. The highest BCUT2D eigenvalue weighted by molar-refractivity contribution is 6.33. The van der Waals surface area contributed by atoms with E-state index in [9.17, 15) is 4.79 Å². The fourth-order valence-electron chi connectivity index (χ4n) is 4.51. The Labute approximate surface area is 214 Å². The van der Waals surface area contributed by atoms with Crippen molar-refractivity contribution in [3.8, 4) is 11.5 Å². The van der Waals surface area contributed by atoms with Crippen LogP contribution in [0.5, 0.6) is 11.5 Å². The molecule has 0 radical (unpaired) electrons. The third kappa shape index (κ3) is 4.57. The van der Waals surface area contributed by atoms with Crippen LogP contribution in [0.1, 0.15) is 15.9 Å². The van der Waals surface area contributed by atoms with Crippen LogP contribution in [0.4, 0.5) is 28.8 Å². The van der Waals surface area contributed by atoms with Gasteiger partial charge in [0.2, 0.25) is 5.95 Å². The monoisotopic (exact) mass is 509 g/mol. The van der Waals surface area contributed by atoms with E-state index in [-0.39, 0.29) is 5.91 Å². The van der Waals surface area contributed by atoms with Gasteiger partial charge in [-0.15, -0.1) is 0 Å². The molecule has 0 saturated carbocycles. The highest BCUT2D eigenvalue weighted by Gasteiger charge is 2.32. The largest absolute Gasteiger partial charge is 0.497 e. The van der Waals surface area contributed by atoms with Crippen LogP contribution in [-0.4, -0.2) is 68.2 Å². The molecule has 1 saturated heterocycles. The predicted molar refractivity (Wildman–Crippen MR) is 140 cm³/mol. The number of rotatable bonds is 7. The Kier molecular flexibility index (Phi) is 6.71. The molecule has 2 aromatic carbocycles. The maximum atomic E-state index is 13.1. The quantitative estimate of drug-likeness (QED) is 0.440. The number of halogens is 1. The fraction of sp³-hybridized carbons (Fsp3) is 0.320. The zero-order valence-electron chi connectivity index (χ0n) is 20.4. The first-order chi connectivity index (χ1) is 17.5. The van der Waals surface area contributed by atoms with E-state index < -0.39 is 0 Å². The van der Waals surface area contributed by atoms with Gasteiger partial charge >= 0.3 is 0 Å². The maximum Gasteiger partial charge on any atom is 0.256 e. The summed E-state index contributed by atoms with van der Waals surface area (Å²) in [5, 5.41) is 10.1. The molecule has 1 amide bonds. The second kappa shape index (κ2) is 10.1. The second-order valence-corrected chi connectivity index (χ2v) is 9.00. The minimum atomic E-state index is -0.0315. The number of fused-ring (bicyclic) bond motifs is 1. The molecule has 2 aliphatic heterocycles. The lowest BCUT2D eigenvalue weighted by molar-refractivity contribution is 0.0817. The first-order valence-electron chi connectivity index (χ1n) is 11.6.